The predicted octanol–water partition coefficient (Wildman–Crippen LogP) is 1.90. The Hall–Kier alpha value is 0.0500. The lowest BCUT2D eigenvalue weighted by Crippen LogP contribution is -1.94. The van der Waals surface area contributed by atoms with E-state index in [2.05, 4.69) is 6.58 Å². The summed E-state index contributed by atoms with van der Waals surface area (Å²) in [6.45, 7) is 7.22. The van der Waals surface area contributed by atoms with Crippen LogP contribution in [0.5, 0.6) is 0 Å². The van der Waals surface area contributed by atoms with E-state index < -0.39 is 0 Å². The third-order valence-corrected chi connectivity index (χ3v) is 1.31. The molecule has 0 fully saturated rings. The Balaban J connectivity index is 2.62. The summed E-state index contributed by atoms with van der Waals surface area (Å²) >= 11 is 1.69. The summed E-state index contributed by atoms with van der Waals surface area (Å²) in [6, 6.07) is 0. The Morgan fingerprint density at radius 1 is 1.75 bits per heavy atom. The highest BCUT2D eigenvalue weighted by Crippen LogP contribution is 1.97. The van der Waals surface area contributed by atoms with Gasteiger partial charge in [-0.1, -0.05) is 6.58 Å². The zero-order chi connectivity index (χ0) is 6.24. The molecule has 0 rings (SSSR count). The van der Waals surface area contributed by atoms with Gasteiger partial charge in [-0.05, 0) is 12.3 Å². The summed E-state index contributed by atoms with van der Waals surface area (Å²) in [5.74, 6) is 1.03. The molecule has 0 aromatic heterocycles. The Kier molecular flexibility index (Phi) is 7.09. The molecule has 8 heavy (non-hydrogen) atoms. The average Bonchev–Trinajstić information content (AvgIpc) is 1.81. The molecule has 0 N–H and O–H groups in total. The van der Waals surface area contributed by atoms with Gasteiger partial charge in [-0.15, -0.1) is 11.8 Å². The molecule has 0 aliphatic rings. The van der Waals surface area contributed by atoms with Crippen LogP contribution in [-0.2, 0) is 4.74 Å². The fraction of sp³-hybridized carbons (Fsp3) is 0.667. The highest BCUT2D eigenvalue weighted by atomic mass is 32.2. The number of hydrogen-bond donors (Lipinski definition) is 0. The summed E-state index contributed by atoms with van der Waals surface area (Å²) < 4.78 is 5.07. The van der Waals surface area contributed by atoms with Gasteiger partial charge in [0.05, 0.1) is 6.61 Å². The number of thioether (sulfide) groups is 1. The van der Waals surface area contributed by atoms with E-state index in [1.54, 1.807) is 11.8 Å². The Morgan fingerprint density at radius 2 is 2.50 bits per heavy atom. The minimum absolute atomic E-state index is 0.817. The van der Waals surface area contributed by atoms with Gasteiger partial charge in [0, 0.05) is 12.4 Å². The van der Waals surface area contributed by atoms with Crippen molar-refractivity contribution in [2.75, 3.05) is 19.0 Å². The molecule has 0 unspecified atom stereocenters. The fourth-order valence-corrected chi connectivity index (χ4v) is 0.715. The quantitative estimate of drug-likeness (QED) is 0.528. The highest BCUT2D eigenvalue weighted by Gasteiger charge is 1.80. The lowest BCUT2D eigenvalue weighted by Gasteiger charge is -1.95. The van der Waals surface area contributed by atoms with E-state index in [-0.39, 0.29) is 0 Å². The first-order valence-corrected chi connectivity index (χ1v) is 3.77. The van der Waals surface area contributed by atoms with Crippen molar-refractivity contribution in [3.8, 4) is 0 Å². The molecule has 0 radical (unpaired) electrons. The standard InChI is InChI=1S/C6H12OS/c1-3-7-5-6-8-4-2/h4H,2-3,5-6H2,1H3. The minimum atomic E-state index is 0.817. The zero-order valence-corrected chi connectivity index (χ0v) is 6.04. The fourth-order valence-electron chi connectivity index (χ4n) is 0.335. The maximum Gasteiger partial charge on any atom is 0.0559 e. The Labute approximate surface area is 55.1 Å². The van der Waals surface area contributed by atoms with Crippen molar-refractivity contribution >= 4 is 11.8 Å². The van der Waals surface area contributed by atoms with E-state index in [1.807, 2.05) is 12.3 Å². The predicted molar refractivity (Wildman–Crippen MR) is 39.1 cm³/mol. The maximum atomic E-state index is 5.07. The van der Waals surface area contributed by atoms with Crippen LogP contribution >= 0.6 is 11.8 Å². The average molecular weight is 132 g/mol. The first kappa shape index (κ1) is 8.05. The first-order valence-electron chi connectivity index (χ1n) is 2.72. The Morgan fingerprint density at radius 3 is 3.00 bits per heavy atom. The van der Waals surface area contributed by atoms with Crippen molar-refractivity contribution in [3.05, 3.63) is 12.0 Å². The van der Waals surface area contributed by atoms with Crippen molar-refractivity contribution in [1.82, 2.24) is 0 Å². The van der Waals surface area contributed by atoms with Gasteiger partial charge in [-0.2, -0.15) is 0 Å². The molecule has 0 spiro atoms. The van der Waals surface area contributed by atoms with E-state index in [1.165, 1.54) is 0 Å². The minimum Gasteiger partial charge on any atom is -0.381 e. The molecule has 0 saturated carbocycles. The molecule has 0 aliphatic carbocycles. The van der Waals surface area contributed by atoms with Crippen molar-refractivity contribution < 1.29 is 4.74 Å². The third kappa shape index (κ3) is 6.05. The number of rotatable bonds is 5. The van der Waals surface area contributed by atoms with Crippen LogP contribution in [0.25, 0.3) is 0 Å². The smallest absolute Gasteiger partial charge is 0.0559 e. The van der Waals surface area contributed by atoms with Crippen LogP contribution in [-0.4, -0.2) is 19.0 Å². The van der Waals surface area contributed by atoms with Gasteiger partial charge in [0.25, 0.3) is 0 Å². The van der Waals surface area contributed by atoms with Crippen molar-refractivity contribution in [2.24, 2.45) is 0 Å². The van der Waals surface area contributed by atoms with Crippen molar-refractivity contribution in [1.29, 1.82) is 0 Å². The molecule has 0 aliphatic heterocycles. The van der Waals surface area contributed by atoms with Crippen LogP contribution in [0.2, 0.25) is 0 Å². The maximum absolute atomic E-state index is 5.07. The van der Waals surface area contributed by atoms with Gasteiger partial charge in [0.1, 0.15) is 0 Å². The molecule has 0 amide bonds. The first-order chi connectivity index (χ1) is 3.91. The number of ether oxygens (including phenoxy) is 1. The lowest BCUT2D eigenvalue weighted by atomic mass is 10.8. The molecule has 0 saturated heterocycles. The molecule has 0 bridgehead atoms. The van der Waals surface area contributed by atoms with E-state index in [9.17, 15) is 0 Å². The van der Waals surface area contributed by atoms with E-state index in [4.69, 9.17) is 4.74 Å². The van der Waals surface area contributed by atoms with Gasteiger partial charge in [-0.3, -0.25) is 0 Å². The molecule has 0 heterocycles. The SMILES string of the molecule is C=CSCCOCC. The highest BCUT2D eigenvalue weighted by molar-refractivity contribution is 8.02. The van der Waals surface area contributed by atoms with Crippen LogP contribution < -0.4 is 0 Å². The summed E-state index contributed by atoms with van der Waals surface area (Å²) in [7, 11) is 0. The summed E-state index contributed by atoms with van der Waals surface area (Å²) in [4.78, 5) is 0. The monoisotopic (exact) mass is 132 g/mol. The van der Waals surface area contributed by atoms with Gasteiger partial charge in [0.2, 0.25) is 0 Å². The molecule has 48 valence electrons. The normalized spacial score (nSPS) is 9.12. The lowest BCUT2D eigenvalue weighted by molar-refractivity contribution is 0.164. The number of hydrogen-bond acceptors (Lipinski definition) is 2. The van der Waals surface area contributed by atoms with Crippen LogP contribution in [0.4, 0.5) is 0 Å². The topological polar surface area (TPSA) is 9.23 Å². The molecular weight excluding hydrogens is 120 g/mol. The molecule has 0 aromatic rings. The molecule has 0 aromatic carbocycles. The summed E-state index contributed by atoms with van der Waals surface area (Å²) in [6.07, 6.45) is 0. The van der Waals surface area contributed by atoms with Crippen molar-refractivity contribution in [3.63, 3.8) is 0 Å². The molecular formula is C6H12OS. The second-order valence-electron chi connectivity index (χ2n) is 1.23. The van der Waals surface area contributed by atoms with Gasteiger partial charge >= 0.3 is 0 Å². The summed E-state index contributed by atoms with van der Waals surface area (Å²) in [5.41, 5.74) is 0. The van der Waals surface area contributed by atoms with E-state index >= 15 is 0 Å². The van der Waals surface area contributed by atoms with E-state index in [0.29, 0.717) is 0 Å². The largest absolute Gasteiger partial charge is 0.381 e. The molecule has 1 nitrogen and oxygen atoms in total. The van der Waals surface area contributed by atoms with Gasteiger partial charge < -0.3 is 4.74 Å². The third-order valence-electron chi connectivity index (χ3n) is 0.667. The van der Waals surface area contributed by atoms with Crippen LogP contribution in [0.15, 0.2) is 12.0 Å². The van der Waals surface area contributed by atoms with E-state index in [0.717, 1.165) is 19.0 Å². The van der Waals surface area contributed by atoms with Gasteiger partial charge in [-0.25, -0.2) is 0 Å². The van der Waals surface area contributed by atoms with Crippen molar-refractivity contribution in [2.45, 2.75) is 6.92 Å². The Bertz CT molecular complexity index is 54.5. The van der Waals surface area contributed by atoms with Crippen LogP contribution in [0, 0.1) is 0 Å². The zero-order valence-electron chi connectivity index (χ0n) is 5.22. The van der Waals surface area contributed by atoms with Crippen LogP contribution in [0.3, 0.4) is 0 Å². The van der Waals surface area contributed by atoms with Gasteiger partial charge in [0.15, 0.2) is 0 Å². The second-order valence-corrected chi connectivity index (χ2v) is 2.31. The molecule has 2 heteroatoms. The van der Waals surface area contributed by atoms with Crippen LogP contribution in [0.1, 0.15) is 6.92 Å². The molecule has 0 atom stereocenters. The second kappa shape index (κ2) is 7.05. The summed E-state index contributed by atoms with van der Waals surface area (Å²) in [5, 5.41) is 1.83.